The predicted molar refractivity (Wildman–Crippen MR) is 81.1 cm³/mol. The smallest absolute Gasteiger partial charge is 0.251 e. The van der Waals surface area contributed by atoms with Crippen LogP contribution in [-0.4, -0.2) is 46.9 Å². The molecule has 0 aliphatic carbocycles. The lowest BCUT2D eigenvalue weighted by atomic mass is 10.1. The highest BCUT2D eigenvalue weighted by Crippen LogP contribution is 2.34. The molecule has 0 unspecified atom stereocenters. The van der Waals surface area contributed by atoms with Gasteiger partial charge in [-0.1, -0.05) is 0 Å². The van der Waals surface area contributed by atoms with Crippen LogP contribution >= 0.6 is 0 Å². The summed E-state index contributed by atoms with van der Waals surface area (Å²) in [6.07, 6.45) is 1.81. The van der Waals surface area contributed by atoms with E-state index >= 15 is 0 Å². The van der Waals surface area contributed by atoms with Gasteiger partial charge in [0.2, 0.25) is 10.0 Å². The monoisotopic (exact) mass is 312 g/mol. The minimum atomic E-state index is -3.30. The summed E-state index contributed by atoms with van der Waals surface area (Å²) in [5, 5.41) is 2.75. The molecule has 0 radical (unpaired) electrons. The Balaban J connectivity index is 2.22. The van der Waals surface area contributed by atoms with Gasteiger partial charge in [-0.05, 0) is 37.1 Å². The number of fused-ring (bicyclic) bond motifs is 1. The largest absolute Gasteiger partial charge is 0.383 e. The molecule has 0 fully saturated rings. The van der Waals surface area contributed by atoms with Gasteiger partial charge >= 0.3 is 0 Å². The molecular weight excluding hydrogens is 292 g/mol. The number of amides is 1. The Morgan fingerprint density at radius 2 is 2.19 bits per heavy atom. The van der Waals surface area contributed by atoms with Crippen LogP contribution in [0.1, 0.15) is 22.8 Å². The minimum Gasteiger partial charge on any atom is -0.383 e. The van der Waals surface area contributed by atoms with Crippen molar-refractivity contribution >= 4 is 21.6 Å². The number of methoxy groups -OCH3 is 1. The van der Waals surface area contributed by atoms with E-state index in [4.69, 9.17) is 4.74 Å². The van der Waals surface area contributed by atoms with Gasteiger partial charge in [0.1, 0.15) is 0 Å². The first kappa shape index (κ1) is 15.8. The first-order valence-electron chi connectivity index (χ1n) is 6.74. The molecule has 0 spiro atoms. The zero-order chi connectivity index (χ0) is 15.6. The van der Waals surface area contributed by atoms with Crippen LogP contribution in [0.3, 0.4) is 0 Å². The number of nitrogens with one attached hydrogen (secondary N) is 1. The van der Waals surface area contributed by atoms with Crippen molar-refractivity contribution in [2.24, 2.45) is 0 Å². The van der Waals surface area contributed by atoms with Gasteiger partial charge in [-0.25, -0.2) is 8.42 Å². The molecule has 0 saturated heterocycles. The van der Waals surface area contributed by atoms with Crippen molar-refractivity contribution in [3.8, 4) is 0 Å². The lowest BCUT2D eigenvalue weighted by Gasteiger charge is -2.21. The van der Waals surface area contributed by atoms with E-state index in [2.05, 4.69) is 5.32 Å². The summed E-state index contributed by atoms with van der Waals surface area (Å²) in [4.78, 5) is 12.0. The molecule has 1 aromatic rings. The predicted octanol–water partition coefficient (Wildman–Crippen LogP) is 0.773. The van der Waals surface area contributed by atoms with E-state index in [9.17, 15) is 13.2 Å². The van der Waals surface area contributed by atoms with Gasteiger partial charge in [0, 0.05) is 25.3 Å². The highest BCUT2D eigenvalue weighted by molar-refractivity contribution is 7.92. The van der Waals surface area contributed by atoms with Crippen LogP contribution < -0.4 is 9.62 Å². The van der Waals surface area contributed by atoms with E-state index in [0.717, 1.165) is 5.56 Å². The summed E-state index contributed by atoms with van der Waals surface area (Å²) >= 11 is 0. The Morgan fingerprint density at radius 1 is 1.48 bits per heavy atom. The maximum Gasteiger partial charge on any atom is 0.251 e. The molecule has 1 atom stereocenters. The van der Waals surface area contributed by atoms with Crippen molar-refractivity contribution in [1.82, 2.24) is 5.32 Å². The minimum absolute atomic E-state index is 0.123. The lowest BCUT2D eigenvalue weighted by Crippen LogP contribution is -2.34. The van der Waals surface area contributed by atoms with Gasteiger partial charge in [0.25, 0.3) is 5.91 Å². The number of nitrogens with zero attached hydrogens (tertiary/aromatic N) is 1. The molecule has 0 aromatic heterocycles. The normalized spacial score (nSPS) is 17.7. The molecule has 7 heteroatoms. The molecule has 2 rings (SSSR count). The second-order valence-electron chi connectivity index (χ2n) is 5.20. The average molecular weight is 312 g/mol. The van der Waals surface area contributed by atoms with Crippen molar-refractivity contribution in [1.29, 1.82) is 0 Å². The van der Waals surface area contributed by atoms with Crippen LogP contribution in [0.25, 0.3) is 0 Å². The molecule has 21 heavy (non-hydrogen) atoms. The van der Waals surface area contributed by atoms with Crippen LogP contribution in [0, 0.1) is 0 Å². The van der Waals surface area contributed by atoms with Gasteiger partial charge in [-0.2, -0.15) is 0 Å². The third kappa shape index (κ3) is 3.36. The number of hydrogen-bond donors (Lipinski definition) is 1. The molecule has 1 aromatic carbocycles. The zero-order valence-electron chi connectivity index (χ0n) is 12.4. The second kappa shape index (κ2) is 6.03. The molecule has 6 nitrogen and oxygen atoms in total. The van der Waals surface area contributed by atoms with Crippen molar-refractivity contribution in [2.45, 2.75) is 19.4 Å². The number of rotatable bonds is 5. The van der Waals surface area contributed by atoms with Gasteiger partial charge < -0.3 is 10.1 Å². The summed E-state index contributed by atoms with van der Waals surface area (Å²) in [5.74, 6) is -0.180. The first-order chi connectivity index (χ1) is 9.84. The molecule has 0 saturated carbocycles. The Morgan fingerprint density at radius 3 is 2.81 bits per heavy atom. The molecule has 1 heterocycles. The van der Waals surface area contributed by atoms with E-state index in [1.807, 2.05) is 6.92 Å². The van der Waals surface area contributed by atoms with Crippen LogP contribution in [0.2, 0.25) is 0 Å². The van der Waals surface area contributed by atoms with Crippen molar-refractivity contribution in [3.63, 3.8) is 0 Å². The second-order valence-corrected chi connectivity index (χ2v) is 7.06. The number of ether oxygens (including phenoxy) is 1. The molecule has 116 valence electrons. The van der Waals surface area contributed by atoms with E-state index in [-0.39, 0.29) is 11.9 Å². The number of sulfonamides is 1. The van der Waals surface area contributed by atoms with Crippen LogP contribution in [0.15, 0.2) is 18.2 Å². The fraction of sp³-hybridized carbons (Fsp3) is 0.500. The summed E-state index contributed by atoms with van der Waals surface area (Å²) in [6.45, 7) is 2.76. The molecule has 1 N–H and O–H groups in total. The molecule has 1 aliphatic heterocycles. The Labute approximate surface area is 125 Å². The Bertz CT molecular complexity index is 642. The summed E-state index contributed by atoms with van der Waals surface area (Å²) in [7, 11) is -1.73. The van der Waals surface area contributed by atoms with Crippen LogP contribution in [-0.2, 0) is 21.2 Å². The maximum absolute atomic E-state index is 12.0. The van der Waals surface area contributed by atoms with Crippen LogP contribution in [0.5, 0.6) is 0 Å². The Hall–Kier alpha value is -1.60. The molecule has 1 amide bonds. The van der Waals surface area contributed by atoms with Gasteiger partial charge in [0.15, 0.2) is 0 Å². The quantitative estimate of drug-likeness (QED) is 0.815. The summed E-state index contributed by atoms with van der Waals surface area (Å²) < 4.78 is 30.0. The topological polar surface area (TPSA) is 75.7 Å². The van der Waals surface area contributed by atoms with Gasteiger partial charge in [-0.15, -0.1) is 0 Å². The SMILES string of the molecule is COCCNC(=O)c1ccc2c(c1)C[C@H](C)N2S(C)(=O)=O. The van der Waals surface area contributed by atoms with E-state index < -0.39 is 10.0 Å². The van der Waals surface area contributed by atoms with Crippen molar-refractivity contribution in [2.75, 3.05) is 30.8 Å². The van der Waals surface area contributed by atoms with Crippen molar-refractivity contribution < 1.29 is 17.9 Å². The lowest BCUT2D eigenvalue weighted by molar-refractivity contribution is 0.0937. The number of carbonyl (C=O) groups excluding carboxylic acids is 1. The van der Waals surface area contributed by atoms with E-state index in [0.29, 0.717) is 30.8 Å². The fourth-order valence-corrected chi connectivity index (χ4v) is 3.88. The highest BCUT2D eigenvalue weighted by atomic mass is 32.2. The number of benzene rings is 1. The summed E-state index contributed by atoms with van der Waals surface area (Å²) in [5.41, 5.74) is 2.08. The number of anilines is 1. The molecule has 0 bridgehead atoms. The summed E-state index contributed by atoms with van der Waals surface area (Å²) in [6, 6.07) is 4.99. The molecular formula is C14H20N2O4S. The third-order valence-electron chi connectivity index (χ3n) is 3.44. The standard InChI is InChI=1S/C14H20N2O4S/c1-10-8-12-9-11(14(17)15-6-7-20-2)4-5-13(12)16(10)21(3,18)19/h4-5,9-10H,6-8H2,1-3H3,(H,15,17)/t10-/m0/s1. The molecule has 1 aliphatic rings. The number of carbonyl (C=O) groups is 1. The highest BCUT2D eigenvalue weighted by Gasteiger charge is 2.32. The zero-order valence-corrected chi connectivity index (χ0v) is 13.2. The maximum atomic E-state index is 12.0. The van der Waals surface area contributed by atoms with E-state index in [1.165, 1.54) is 10.6 Å². The van der Waals surface area contributed by atoms with Crippen molar-refractivity contribution in [3.05, 3.63) is 29.3 Å². The van der Waals surface area contributed by atoms with Gasteiger partial charge in [0.05, 0.1) is 18.6 Å². The van der Waals surface area contributed by atoms with E-state index in [1.54, 1.807) is 25.3 Å². The first-order valence-corrected chi connectivity index (χ1v) is 8.59. The van der Waals surface area contributed by atoms with Crippen LogP contribution in [0.4, 0.5) is 5.69 Å². The average Bonchev–Trinajstić information content (AvgIpc) is 2.73. The third-order valence-corrected chi connectivity index (χ3v) is 4.71. The van der Waals surface area contributed by atoms with Gasteiger partial charge in [-0.3, -0.25) is 9.10 Å². The fourth-order valence-electron chi connectivity index (χ4n) is 2.62. The number of hydrogen-bond acceptors (Lipinski definition) is 4. The Kier molecular flexibility index (Phi) is 4.53.